The Labute approximate surface area is 122 Å². The lowest BCUT2D eigenvalue weighted by Crippen LogP contribution is -2.09. The van der Waals surface area contributed by atoms with Crippen LogP contribution in [0.2, 0.25) is 0 Å². The van der Waals surface area contributed by atoms with Gasteiger partial charge in [-0.2, -0.15) is 13.2 Å². The van der Waals surface area contributed by atoms with Crippen LogP contribution in [0.15, 0.2) is 42.5 Å². The summed E-state index contributed by atoms with van der Waals surface area (Å²) in [4.78, 5) is 0. The maximum absolute atomic E-state index is 13.1. The minimum atomic E-state index is -4.47. The first-order valence-corrected chi connectivity index (χ1v) is 6.75. The molecule has 0 amide bonds. The SMILES string of the molecule is CC(C)c1ccccc1-c1ccc(CO)c(C(F)(F)F)c1. The molecule has 0 aliphatic rings. The largest absolute Gasteiger partial charge is 0.416 e. The predicted octanol–water partition coefficient (Wildman–Crippen LogP) is 4.99. The van der Waals surface area contributed by atoms with Crippen LogP contribution in [0.5, 0.6) is 0 Å². The Bertz CT molecular complexity index is 630. The van der Waals surface area contributed by atoms with E-state index in [0.717, 1.165) is 17.2 Å². The molecule has 0 saturated heterocycles. The molecule has 1 nitrogen and oxygen atoms in total. The van der Waals surface area contributed by atoms with Gasteiger partial charge in [0.2, 0.25) is 0 Å². The van der Waals surface area contributed by atoms with Gasteiger partial charge in [-0.05, 0) is 34.2 Å². The molecule has 112 valence electrons. The van der Waals surface area contributed by atoms with Crippen LogP contribution in [0.4, 0.5) is 13.2 Å². The molecule has 0 atom stereocenters. The topological polar surface area (TPSA) is 20.2 Å². The van der Waals surface area contributed by atoms with Crippen molar-refractivity contribution in [1.82, 2.24) is 0 Å². The van der Waals surface area contributed by atoms with Crippen molar-refractivity contribution in [2.45, 2.75) is 32.5 Å². The number of hydrogen-bond donors (Lipinski definition) is 1. The minimum absolute atomic E-state index is 0.103. The van der Waals surface area contributed by atoms with E-state index < -0.39 is 18.3 Å². The van der Waals surface area contributed by atoms with Crippen molar-refractivity contribution in [2.75, 3.05) is 0 Å². The molecule has 0 fully saturated rings. The summed E-state index contributed by atoms with van der Waals surface area (Å²) in [6, 6.07) is 11.5. The van der Waals surface area contributed by atoms with Gasteiger partial charge in [0.1, 0.15) is 0 Å². The van der Waals surface area contributed by atoms with Crippen molar-refractivity contribution < 1.29 is 18.3 Å². The zero-order valence-electron chi connectivity index (χ0n) is 11.9. The summed E-state index contributed by atoms with van der Waals surface area (Å²) >= 11 is 0. The van der Waals surface area contributed by atoms with E-state index in [-0.39, 0.29) is 11.5 Å². The maximum atomic E-state index is 13.1. The van der Waals surface area contributed by atoms with Gasteiger partial charge in [0.25, 0.3) is 0 Å². The zero-order chi connectivity index (χ0) is 15.6. The highest BCUT2D eigenvalue weighted by Crippen LogP contribution is 2.36. The second-order valence-corrected chi connectivity index (χ2v) is 5.27. The van der Waals surface area contributed by atoms with Gasteiger partial charge >= 0.3 is 6.18 Å². The van der Waals surface area contributed by atoms with E-state index in [1.54, 1.807) is 6.07 Å². The lowest BCUT2D eigenvalue weighted by atomic mass is 9.91. The standard InChI is InChI=1S/C17H17F3O/c1-11(2)14-5-3-4-6-15(14)12-7-8-13(10-21)16(9-12)17(18,19)20/h3-9,11,21H,10H2,1-2H3. The molecule has 2 rings (SSSR count). The molecule has 0 heterocycles. The summed E-state index contributed by atoms with van der Waals surface area (Å²) in [7, 11) is 0. The fourth-order valence-electron chi connectivity index (χ4n) is 2.41. The van der Waals surface area contributed by atoms with Crippen LogP contribution in [0.1, 0.15) is 36.5 Å². The lowest BCUT2D eigenvalue weighted by molar-refractivity contribution is -0.138. The Kier molecular flexibility index (Phi) is 4.37. The van der Waals surface area contributed by atoms with Gasteiger partial charge in [-0.25, -0.2) is 0 Å². The average Bonchev–Trinajstić information content (AvgIpc) is 2.45. The summed E-state index contributed by atoms with van der Waals surface area (Å²) in [5, 5.41) is 9.09. The first-order chi connectivity index (χ1) is 9.84. The number of aliphatic hydroxyl groups is 1. The molecule has 0 bridgehead atoms. The molecule has 0 aliphatic heterocycles. The van der Waals surface area contributed by atoms with E-state index in [9.17, 15) is 13.2 Å². The molecule has 0 aliphatic carbocycles. The van der Waals surface area contributed by atoms with Crippen molar-refractivity contribution in [2.24, 2.45) is 0 Å². The number of rotatable bonds is 3. The molecule has 0 saturated carbocycles. The molecule has 4 heteroatoms. The second kappa shape index (κ2) is 5.90. The third-order valence-electron chi connectivity index (χ3n) is 3.48. The minimum Gasteiger partial charge on any atom is -0.392 e. The van der Waals surface area contributed by atoms with Crippen LogP contribution in [0.3, 0.4) is 0 Å². The number of benzene rings is 2. The summed E-state index contributed by atoms with van der Waals surface area (Å²) < 4.78 is 39.2. The monoisotopic (exact) mass is 294 g/mol. The molecule has 2 aromatic carbocycles. The van der Waals surface area contributed by atoms with Gasteiger partial charge in [-0.1, -0.05) is 50.2 Å². The average molecular weight is 294 g/mol. The van der Waals surface area contributed by atoms with Gasteiger partial charge in [0.15, 0.2) is 0 Å². The molecule has 0 unspecified atom stereocenters. The van der Waals surface area contributed by atoms with Gasteiger partial charge in [0, 0.05) is 0 Å². The van der Waals surface area contributed by atoms with Crippen LogP contribution in [-0.4, -0.2) is 5.11 Å². The number of aliphatic hydroxyl groups excluding tert-OH is 1. The van der Waals surface area contributed by atoms with Crippen LogP contribution < -0.4 is 0 Å². The molecule has 1 N–H and O–H groups in total. The van der Waals surface area contributed by atoms with Crippen LogP contribution >= 0.6 is 0 Å². The van der Waals surface area contributed by atoms with E-state index in [1.807, 2.05) is 38.1 Å². The Morgan fingerprint density at radius 2 is 1.71 bits per heavy atom. The Hall–Kier alpha value is -1.81. The number of hydrogen-bond acceptors (Lipinski definition) is 1. The van der Waals surface area contributed by atoms with E-state index in [4.69, 9.17) is 5.11 Å². The van der Waals surface area contributed by atoms with Crippen molar-refractivity contribution in [3.8, 4) is 11.1 Å². The second-order valence-electron chi connectivity index (χ2n) is 5.27. The number of alkyl halides is 3. The van der Waals surface area contributed by atoms with Crippen LogP contribution in [0, 0.1) is 0 Å². The van der Waals surface area contributed by atoms with Gasteiger partial charge in [-0.15, -0.1) is 0 Å². The Balaban J connectivity index is 2.61. The quantitative estimate of drug-likeness (QED) is 0.845. The van der Waals surface area contributed by atoms with Crippen LogP contribution in [0.25, 0.3) is 11.1 Å². The van der Waals surface area contributed by atoms with E-state index in [0.29, 0.717) is 5.56 Å². The van der Waals surface area contributed by atoms with E-state index in [1.165, 1.54) is 6.07 Å². The van der Waals surface area contributed by atoms with Crippen molar-refractivity contribution >= 4 is 0 Å². The summed E-state index contributed by atoms with van der Waals surface area (Å²) in [5.74, 6) is 0.216. The van der Waals surface area contributed by atoms with Crippen LogP contribution in [-0.2, 0) is 12.8 Å². The van der Waals surface area contributed by atoms with E-state index >= 15 is 0 Å². The molecule has 0 aromatic heterocycles. The zero-order valence-corrected chi connectivity index (χ0v) is 11.9. The molecule has 0 spiro atoms. The third kappa shape index (κ3) is 3.27. The van der Waals surface area contributed by atoms with Gasteiger partial charge in [0.05, 0.1) is 12.2 Å². The van der Waals surface area contributed by atoms with Crippen molar-refractivity contribution in [3.63, 3.8) is 0 Å². The lowest BCUT2D eigenvalue weighted by Gasteiger charge is -2.16. The van der Waals surface area contributed by atoms with Gasteiger partial charge in [-0.3, -0.25) is 0 Å². The normalized spacial score (nSPS) is 12.0. The smallest absolute Gasteiger partial charge is 0.392 e. The fourth-order valence-corrected chi connectivity index (χ4v) is 2.41. The first kappa shape index (κ1) is 15.6. The summed E-state index contributed by atoms with van der Waals surface area (Å²) in [5.41, 5.74) is 1.43. The molecular weight excluding hydrogens is 277 g/mol. The van der Waals surface area contributed by atoms with Crippen molar-refractivity contribution in [1.29, 1.82) is 0 Å². The predicted molar refractivity (Wildman–Crippen MR) is 76.9 cm³/mol. The Morgan fingerprint density at radius 3 is 2.29 bits per heavy atom. The molecular formula is C17H17F3O. The molecule has 0 radical (unpaired) electrons. The van der Waals surface area contributed by atoms with Crippen molar-refractivity contribution in [3.05, 3.63) is 59.2 Å². The third-order valence-corrected chi connectivity index (χ3v) is 3.48. The fraction of sp³-hybridized carbons (Fsp3) is 0.294. The highest BCUT2D eigenvalue weighted by Gasteiger charge is 2.33. The maximum Gasteiger partial charge on any atom is 0.416 e. The number of halogens is 3. The first-order valence-electron chi connectivity index (χ1n) is 6.75. The molecule has 21 heavy (non-hydrogen) atoms. The summed E-state index contributed by atoms with van der Waals surface area (Å²) in [6.45, 7) is 3.39. The summed E-state index contributed by atoms with van der Waals surface area (Å²) in [6.07, 6.45) is -4.47. The Morgan fingerprint density at radius 1 is 1.05 bits per heavy atom. The van der Waals surface area contributed by atoms with E-state index in [2.05, 4.69) is 0 Å². The highest BCUT2D eigenvalue weighted by molar-refractivity contribution is 5.69. The van der Waals surface area contributed by atoms with Gasteiger partial charge < -0.3 is 5.11 Å². The molecule has 2 aromatic rings. The highest BCUT2D eigenvalue weighted by atomic mass is 19.4.